The molecule has 162 valence electrons. The number of ether oxygens (including phenoxy) is 1. The minimum absolute atomic E-state index is 0.0532. The molecule has 0 spiro atoms. The first-order chi connectivity index (χ1) is 15.3. The number of hydrogen-bond acceptors (Lipinski definition) is 4. The van der Waals surface area contributed by atoms with E-state index in [9.17, 15) is 4.79 Å². The topological polar surface area (TPSA) is 32.8 Å². The Hall–Kier alpha value is -2.47. The third kappa shape index (κ3) is 6.26. The van der Waals surface area contributed by atoms with Crippen LogP contribution >= 0.6 is 11.3 Å². The molecular weight excluding hydrogens is 404 g/mol. The number of aryl methyl sites for hydroxylation is 1. The molecule has 2 heterocycles. The molecule has 0 saturated carbocycles. The van der Waals surface area contributed by atoms with Gasteiger partial charge in [-0.25, -0.2) is 0 Å². The summed E-state index contributed by atoms with van der Waals surface area (Å²) in [5.41, 5.74) is 2.35. The summed E-state index contributed by atoms with van der Waals surface area (Å²) in [6.45, 7) is 4.99. The molecular formula is C26H30N2O2S. The van der Waals surface area contributed by atoms with E-state index in [1.54, 1.807) is 11.3 Å². The molecule has 0 aliphatic carbocycles. The van der Waals surface area contributed by atoms with Gasteiger partial charge in [0.1, 0.15) is 6.10 Å². The van der Waals surface area contributed by atoms with Crippen molar-refractivity contribution in [2.75, 3.05) is 39.3 Å². The summed E-state index contributed by atoms with van der Waals surface area (Å²) in [6, 6.07) is 24.9. The van der Waals surface area contributed by atoms with Gasteiger partial charge >= 0.3 is 0 Å². The van der Waals surface area contributed by atoms with E-state index in [4.69, 9.17) is 4.74 Å². The molecule has 0 radical (unpaired) electrons. The molecule has 1 aromatic heterocycles. The summed E-state index contributed by atoms with van der Waals surface area (Å²) in [6.07, 6.45) is 1.41. The largest absolute Gasteiger partial charge is 0.367 e. The molecule has 1 amide bonds. The molecule has 0 unspecified atom stereocenters. The number of carbonyl (C=O) groups is 1. The highest BCUT2D eigenvalue weighted by molar-refractivity contribution is 7.09. The summed E-state index contributed by atoms with van der Waals surface area (Å²) >= 11 is 1.73. The average Bonchev–Trinajstić information content (AvgIpc) is 3.36. The minimum Gasteiger partial charge on any atom is -0.367 e. The van der Waals surface area contributed by atoms with E-state index in [0.717, 1.165) is 39.1 Å². The Labute approximate surface area is 189 Å². The number of nitrogens with zero attached hydrogens (tertiary/aromatic N) is 2. The number of hydrogen-bond donors (Lipinski definition) is 0. The number of thiophene rings is 1. The molecule has 0 bridgehead atoms. The first kappa shape index (κ1) is 21.8. The maximum Gasteiger partial charge on any atom is 0.223 e. The monoisotopic (exact) mass is 434 g/mol. The molecule has 4 rings (SSSR count). The van der Waals surface area contributed by atoms with Crippen molar-refractivity contribution in [1.29, 1.82) is 0 Å². The van der Waals surface area contributed by atoms with Crippen molar-refractivity contribution in [3.63, 3.8) is 0 Å². The van der Waals surface area contributed by atoms with Crippen LogP contribution in [0.5, 0.6) is 0 Å². The fraction of sp³-hybridized carbons (Fsp3) is 0.346. The van der Waals surface area contributed by atoms with Gasteiger partial charge in [0.2, 0.25) is 5.91 Å². The second-order valence-corrected chi connectivity index (χ2v) is 8.91. The minimum atomic E-state index is -0.0532. The average molecular weight is 435 g/mol. The maximum atomic E-state index is 12.5. The lowest BCUT2D eigenvalue weighted by atomic mass is 10.0. The van der Waals surface area contributed by atoms with Gasteiger partial charge in [0.15, 0.2) is 0 Å². The van der Waals surface area contributed by atoms with E-state index in [0.29, 0.717) is 13.0 Å². The van der Waals surface area contributed by atoms with Crippen molar-refractivity contribution < 1.29 is 9.53 Å². The van der Waals surface area contributed by atoms with Crippen LogP contribution < -0.4 is 0 Å². The van der Waals surface area contributed by atoms with E-state index >= 15 is 0 Å². The fourth-order valence-electron chi connectivity index (χ4n) is 4.00. The summed E-state index contributed by atoms with van der Waals surface area (Å²) in [4.78, 5) is 18.2. The predicted octanol–water partition coefficient (Wildman–Crippen LogP) is 4.63. The lowest BCUT2D eigenvalue weighted by Crippen LogP contribution is -2.49. The lowest BCUT2D eigenvalue weighted by Gasteiger charge is -2.35. The van der Waals surface area contributed by atoms with Gasteiger partial charge in [0, 0.05) is 44.0 Å². The Kier molecular flexibility index (Phi) is 7.88. The highest BCUT2D eigenvalue weighted by atomic mass is 32.1. The molecule has 1 fully saturated rings. The van der Waals surface area contributed by atoms with Crippen molar-refractivity contribution in [2.24, 2.45) is 0 Å². The Morgan fingerprint density at radius 3 is 2.10 bits per heavy atom. The molecule has 1 saturated heterocycles. The van der Waals surface area contributed by atoms with E-state index in [1.165, 1.54) is 16.0 Å². The maximum absolute atomic E-state index is 12.5. The summed E-state index contributed by atoms with van der Waals surface area (Å²) in [7, 11) is 0. The van der Waals surface area contributed by atoms with Crippen LogP contribution in [-0.2, 0) is 16.0 Å². The summed E-state index contributed by atoms with van der Waals surface area (Å²) in [5.74, 6) is 0.275. The highest BCUT2D eigenvalue weighted by Gasteiger charge is 2.21. The molecule has 1 aliphatic heterocycles. The number of carbonyl (C=O) groups excluding carboxylic acids is 1. The predicted molar refractivity (Wildman–Crippen MR) is 126 cm³/mol. The zero-order valence-corrected chi connectivity index (χ0v) is 18.7. The van der Waals surface area contributed by atoms with Crippen molar-refractivity contribution >= 4 is 17.2 Å². The Balaban J connectivity index is 1.23. The number of piperazine rings is 1. The smallest absolute Gasteiger partial charge is 0.223 e. The first-order valence-electron chi connectivity index (χ1n) is 11.0. The van der Waals surface area contributed by atoms with Crippen LogP contribution in [0.4, 0.5) is 0 Å². The van der Waals surface area contributed by atoms with E-state index in [2.05, 4.69) is 64.9 Å². The number of benzene rings is 2. The third-order valence-electron chi connectivity index (χ3n) is 5.79. The standard InChI is InChI=1S/C26H30N2O2S/c29-25(14-13-24-12-7-21-31-24)28-17-15-27(16-18-28)19-20-30-26(22-8-3-1-4-9-22)23-10-5-2-6-11-23/h1-12,21,26H,13-20H2. The zero-order valence-electron chi connectivity index (χ0n) is 17.9. The Morgan fingerprint density at radius 2 is 1.52 bits per heavy atom. The Bertz CT molecular complexity index is 868. The van der Waals surface area contributed by atoms with Crippen molar-refractivity contribution in [3.05, 3.63) is 94.2 Å². The van der Waals surface area contributed by atoms with Crippen molar-refractivity contribution in [2.45, 2.75) is 18.9 Å². The second-order valence-electron chi connectivity index (χ2n) is 7.87. The molecule has 5 heteroatoms. The van der Waals surface area contributed by atoms with Gasteiger partial charge in [-0.2, -0.15) is 0 Å². The van der Waals surface area contributed by atoms with Gasteiger partial charge < -0.3 is 9.64 Å². The van der Waals surface area contributed by atoms with Crippen LogP contribution in [0, 0.1) is 0 Å². The van der Waals surface area contributed by atoms with Gasteiger partial charge in [-0.15, -0.1) is 11.3 Å². The van der Waals surface area contributed by atoms with Gasteiger partial charge in [-0.3, -0.25) is 9.69 Å². The normalized spacial score (nSPS) is 14.8. The summed E-state index contributed by atoms with van der Waals surface area (Å²) in [5, 5.41) is 2.07. The van der Waals surface area contributed by atoms with Gasteiger partial charge in [-0.1, -0.05) is 66.7 Å². The number of amides is 1. The molecule has 31 heavy (non-hydrogen) atoms. The lowest BCUT2D eigenvalue weighted by molar-refractivity contribution is -0.133. The van der Waals surface area contributed by atoms with Gasteiger partial charge in [0.25, 0.3) is 0 Å². The number of rotatable bonds is 9. The van der Waals surface area contributed by atoms with Crippen LogP contribution in [0.3, 0.4) is 0 Å². The van der Waals surface area contributed by atoms with Gasteiger partial charge in [0.05, 0.1) is 6.61 Å². The van der Waals surface area contributed by atoms with Crippen LogP contribution in [0.15, 0.2) is 78.2 Å². The van der Waals surface area contributed by atoms with Crippen LogP contribution in [-0.4, -0.2) is 55.0 Å². The SMILES string of the molecule is O=C(CCc1cccs1)N1CCN(CCOC(c2ccccc2)c2ccccc2)CC1. The molecule has 0 N–H and O–H groups in total. The van der Waals surface area contributed by atoms with E-state index in [1.807, 2.05) is 23.1 Å². The van der Waals surface area contributed by atoms with Gasteiger partial charge in [-0.05, 0) is 29.0 Å². The quantitative estimate of drug-likeness (QED) is 0.492. The first-order valence-corrected chi connectivity index (χ1v) is 11.9. The third-order valence-corrected chi connectivity index (χ3v) is 6.72. The zero-order chi connectivity index (χ0) is 21.3. The van der Waals surface area contributed by atoms with E-state index in [-0.39, 0.29) is 12.0 Å². The van der Waals surface area contributed by atoms with Crippen molar-refractivity contribution in [1.82, 2.24) is 9.80 Å². The molecule has 1 aliphatic rings. The van der Waals surface area contributed by atoms with Crippen LogP contribution in [0.2, 0.25) is 0 Å². The molecule has 3 aromatic rings. The Morgan fingerprint density at radius 1 is 0.871 bits per heavy atom. The van der Waals surface area contributed by atoms with Crippen LogP contribution in [0.25, 0.3) is 0 Å². The fourth-order valence-corrected chi connectivity index (χ4v) is 4.71. The molecule has 4 nitrogen and oxygen atoms in total. The second kappa shape index (κ2) is 11.2. The van der Waals surface area contributed by atoms with E-state index < -0.39 is 0 Å². The van der Waals surface area contributed by atoms with Crippen LogP contribution in [0.1, 0.15) is 28.5 Å². The molecule has 2 aromatic carbocycles. The van der Waals surface area contributed by atoms with Crippen molar-refractivity contribution in [3.8, 4) is 0 Å². The molecule has 0 atom stereocenters. The highest BCUT2D eigenvalue weighted by Crippen LogP contribution is 2.25. The summed E-state index contributed by atoms with van der Waals surface area (Å²) < 4.78 is 6.35.